The number of carboxylic acid groups (broad SMARTS) is 1. The van der Waals surface area contributed by atoms with Crippen LogP contribution in [-0.4, -0.2) is 36.1 Å². The van der Waals surface area contributed by atoms with Gasteiger partial charge in [0.2, 0.25) is 5.71 Å². The van der Waals surface area contributed by atoms with E-state index in [1.807, 2.05) is 0 Å². The lowest BCUT2D eigenvalue weighted by molar-refractivity contribution is 0.0696. The molecule has 0 spiro atoms. The summed E-state index contributed by atoms with van der Waals surface area (Å²) in [5, 5.41) is 12.3. The van der Waals surface area contributed by atoms with E-state index in [4.69, 9.17) is 20.8 Å². The average Bonchev–Trinajstić information content (AvgIpc) is 3.16. The lowest BCUT2D eigenvalue weighted by Gasteiger charge is -2.11. The fourth-order valence-electron chi connectivity index (χ4n) is 3.40. The number of methoxy groups -OCH3 is 1. The quantitative estimate of drug-likeness (QED) is 0.410. The standard InChI is InChI=1S/C23H16ClFN2O5/c1-26-21(28)18-16-10-15(14-9-12(23(29)30)5-8-17(14)31-2)20(24)27-22(16)32-19(18)11-3-6-13(25)7-4-11/h3-10H,1-2H3,(H,26,28)(H,29,30). The summed E-state index contributed by atoms with van der Waals surface area (Å²) in [5.41, 5.74) is 1.54. The number of benzene rings is 2. The van der Waals surface area contributed by atoms with Crippen LogP contribution in [-0.2, 0) is 0 Å². The molecule has 4 rings (SSSR count). The smallest absolute Gasteiger partial charge is 0.335 e. The van der Waals surface area contributed by atoms with Crippen molar-refractivity contribution >= 4 is 34.6 Å². The molecule has 0 bridgehead atoms. The van der Waals surface area contributed by atoms with E-state index >= 15 is 0 Å². The highest BCUT2D eigenvalue weighted by atomic mass is 35.5. The van der Waals surface area contributed by atoms with Crippen LogP contribution < -0.4 is 10.1 Å². The van der Waals surface area contributed by atoms with Crippen LogP contribution in [0.3, 0.4) is 0 Å². The number of carbonyl (C=O) groups is 2. The minimum atomic E-state index is -1.12. The second-order valence-electron chi connectivity index (χ2n) is 6.79. The van der Waals surface area contributed by atoms with Crippen molar-refractivity contribution in [1.29, 1.82) is 0 Å². The first kappa shape index (κ1) is 21.3. The fraction of sp³-hybridized carbons (Fsp3) is 0.0870. The van der Waals surface area contributed by atoms with Crippen molar-refractivity contribution in [1.82, 2.24) is 10.3 Å². The summed E-state index contributed by atoms with van der Waals surface area (Å²) < 4.78 is 24.6. The minimum Gasteiger partial charge on any atom is -0.496 e. The summed E-state index contributed by atoms with van der Waals surface area (Å²) >= 11 is 6.42. The van der Waals surface area contributed by atoms with Gasteiger partial charge in [0.05, 0.1) is 23.6 Å². The first-order valence-electron chi connectivity index (χ1n) is 9.36. The van der Waals surface area contributed by atoms with Crippen LogP contribution in [0, 0.1) is 5.82 Å². The zero-order valence-corrected chi connectivity index (χ0v) is 17.7. The van der Waals surface area contributed by atoms with Crippen LogP contribution >= 0.6 is 11.6 Å². The number of aromatic nitrogens is 1. The molecule has 162 valence electrons. The van der Waals surface area contributed by atoms with E-state index in [1.54, 1.807) is 6.07 Å². The normalized spacial score (nSPS) is 10.9. The topological polar surface area (TPSA) is 102 Å². The Morgan fingerprint density at radius 1 is 1.12 bits per heavy atom. The van der Waals surface area contributed by atoms with Crippen LogP contribution in [0.4, 0.5) is 4.39 Å². The van der Waals surface area contributed by atoms with E-state index in [9.17, 15) is 19.1 Å². The lowest BCUT2D eigenvalue weighted by Crippen LogP contribution is -2.18. The second-order valence-corrected chi connectivity index (χ2v) is 7.15. The number of nitrogens with one attached hydrogen (secondary N) is 1. The molecule has 32 heavy (non-hydrogen) atoms. The Morgan fingerprint density at radius 2 is 1.84 bits per heavy atom. The highest BCUT2D eigenvalue weighted by molar-refractivity contribution is 6.33. The molecule has 2 N–H and O–H groups in total. The van der Waals surface area contributed by atoms with Crippen molar-refractivity contribution in [2.75, 3.05) is 14.2 Å². The summed E-state index contributed by atoms with van der Waals surface area (Å²) in [4.78, 5) is 28.5. The van der Waals surface area contributed by atoms with E-state index in [1.165, 1.54) is 56.6 Å². The van der Waals surface area contributed by atoms with Gasteiger partial charge in [0, 0.05) is 23.7 Å². The molecule has 0 aliphatic rings. The average molecular weight is 455 g/mol. The van der Waals surface area contributed by atoms with Gasteiger partial charge in [-0.1, -0.05) is 11.6 Å². The molecule has 7 nitrogen and oxygen atoms in total. The van der Waals surface area contributed by atoms with Gasteiger partial charge in [-0.25, -0.2) is 14.2 Å². The van der Waals surface area contributed by atoms with Crippen LogP contribution in [0.15, 0.2) is 52.9 Å². The first-order valence-corrected chi connectivity index (χ1v) is 9.74. The third-order valence-corrected chi connectivity index (χ3v) is 5.22. The summed E-state index contributed by atoms with van der Waals surface area (Å²) in [6.45, 7) is 0. The Balaban J connectivity index is 2.01. The molecule has 2 aromatic heterocycles. The molecule has 0 aliphatic carbocycles. The van der Waals surface area contributed by atoms with Gasteiger partial charge in [0.25, 0.3) is 5.91 Å². The number of ether oxygens (including phenoxy) is 1. The first-order chi connectivity index (χ1) is 15.3. The highest BCUT2D eigenvalue weighted by Gasteiger charge is 2.25. The third kappa shape index (κ3) is 3.65. The van der Waals surface area contributed by atoms with Crippen LogP contribution in [0.1, 0.15) is 20.7 Å². The highest BCUT2D eigenvalue weighted by Crippen LogP contribution is 2.40. The molecule has 0 saturated heterocycles. The van der Waals surface area contributed by atoms with Crippen molar-refractivity contribution < 1.29 is 28.2 Å². The molecular formula is C23H16ClFN2O5. The van der Waals surface area contributed by atoms with Crippen molar-refractivity contribution in [3.63, 3.8) is 0 Å². The minimum absolute atomic E-state index is 0.0289. The Kier molecular flexibility index (Phi) is 5.54. The maximum atomic E-state index is 13.4. The van der Waals surface area contributed by atoms with Crippen LogP contribution in [0.25, 0.3) is 33.6 Å². The molecule has 2 heterocycles. The molecule has 0 saturated carbocycles. The van der Waals surface area contributed by atoms with Crippen molar-refractivity contribution in [3.8, 4) is 28.2 Å². The number of halogens is 2. The van der Waals surface area contributed by atoms with Crippen molar-refractivity contribution in [2.45, 2.75) is 0 Å². The molecule has 9 heteroatoms. The van der Waals surface area contributed by atoms with Gasteiger partial charge in [0.15, 0.2) is 0 Å². The molecule has 0 unspecified atom stereocenters. The summed E-state index contributed by atoms with van der Waals surface area (Å²) in [7, 11) is 2.92. The van der Waals surface area contributed by atoms with Gasteiger partial charge >= 0.3 is 5.97 Å². The number of carboxylic acids is 1. The maximum Gasteiger partial charge on any atom is 0.335 e. The molecule has 2 aromatic carbocycles. The number of furan rings is 1. The predicted molar refractivity (Wildman–Crippen MR) is 117 cm³/mol. The van der Waals surface area contributed by atoms with Gasteiger partial charge in [-0.15, -0.1) is 0 Å². The number of fused-ring (bicyclic) bond motifs is 1. The zero-order chi connectivity index (χ0) is 23.0. The van der Waals surface area contributed by atoms with Gasteiger partial charge in [-0.3, -0.25) is 4.79 Å². The van der Waals surface area contributed by atoms with E-state index in [2.05, 4.69) is 10.3 Å². The molecule has 0 atom stereocenters. The molecule has 4 aromatic rings. The summed E-state index contributed by atoms with van der Waals surface area (Å²) in [6, 6.07) is 11.4. The number of amides is 1. The Morgan fingerprint density at radius 3 is 2.47 bits per heavy atom. The fourth-order valence-corrected chi connectivity index (χ4v) is 3.63. The van der Waals surface area contributed by atoms with E-state index in [0.717, 1.165) is 0 Å². The Bertz CT molecular complexity index is 1370. The van der Waals surface area contributed by atoms with E-state index in [0.29, 0.717) is 27.8 Å². The summed E-state index contributed by atoms with van der Waals surface area (Å²) in [5.74, 6) is -1.41. The van der Waals surface area contributed by atoms with Crippen LogP contribution in [0.2, 0.25) is 5.15 Å². The van der Waals surface area contributed by atoms with Crippen molar-refractivity contribution in [2.24, 2.45) is 0 Å². The van der Waals surface area contributed by atoms with E-state index < -0.39 is 17.7 Å². The third-order valence-electron chi connectivity index (χ3n) is 4.93. The monoisotopic (exact) mass is 454 g/mol. The zero-order valence-electron chi connectivity index (χ0n) is 16.9. The second kappa shape index (κ2) is 8.32. The Hall–Kier alpha value is -3.91. The number of hydrogen-bond acceptors (Lipinski definition) is 5. The largest absolute Gasteiger partial charge is 0.496 e. The van der Waals surface area contributed by atoms with Crippen LogP contribution in [0.5, 0.6) is 5.75 Å². The lowest BCUT2D eigenvalue weighted by atomic mass is 10.00. The number of hydrogen-bond donors (Lipinski definition) is 2. The van der Waals surface area contributed by atoms with E-state index in [-0.39, 0.29) is 27.8 Å². The number of aromatic carboxylic acids is 1. The Labute approximate surface area is 186 Å². The molecule has 0 aliphatic heterocycles. The number of carbonyl (C=O) groups excluding carboxylic acids is 1. The summed E-state index contributed by atoms with van der Waals surface area (Å²) in [6.07, 6.45) is 0. The number of rotatable bonds is 5. The number of pyridine rings is 1. The molecular weight excluding hydrogens is 439 g/mol. The van der Waals surface area contributed by atoms with Crippen molar-refractivity contribution in [3.05, 3.63) is 70.6 Å². The SMILES string of the molecule is CNC(=O)c1c(-c2ccc(F)cc2)oc2nc(Cl)c(-c3cc(C(=O)O)ccc3OC)cc12. The predicted octanol–water partition coefficient (Wildman–Crippen LogP) is 5.02. The maximum absolute atomic E-state index is 13.4. The van der Waals surface area contributed by atoms with Gasteiger partial charge < -0.3 is 19.6 Å². The van der Waals surface area contributed by atoms with Gasteiger partial charge in [-0.05, 0) is 48.5 Å². The van der Waals surface area contributed by atoms with Gasteiger partial charge in [-0.2, -0.15) is 0 Å². The molecule has 1 amide bonds. The molecule has 0 radical (unpaired) electrons. The molecule has 0 fully saturated rings. The number of nitrogens with zero attached hydrogens (tertiary/aromatic N) is 1. The van der Waals surface area contributed by atoms with Gasteiger partial charge in [0.1, 0.15) is 22.5 Å².